The van der Waals surface area contributed by atoms with Crippen molar-refractivity contribution in [2.45, 2.75) is 18.9 Å². The van der Waals surface area contributed by atoms with E-state index in [0.29, 0.717) is 16.8 Å². The van der Waals surface area contributed by atoms with Crippen LogP contribution in [0, 0.1) is 4.77 Å². The molecule has 0 unspecified atom stereocenters. The average Bonchev–Trinajstić information content (AvgIpc) is 2.64. The molecular weight excluding hydrogens is 284 g/mol. The highest BCUT2D eigenvalue weighted by Crippen LogP contribution is 2.28. The fraction of sp³-hybridized carbons (Fsp3) is 0.364. The third-order valence-electron chi connectivity index (χ3n) is 2.67. The molecule has 3 nitrogen and oxygen atoms in total. The SMILES string of the molecule is COc1ccc2c(c1)[nH]c(=S)n2CC(F)(F)C(F)F. The van der Waals surface area contributed by atoms with Crippen molar-refractivity contribution in [1.29, 1.82) is 0 Å². The zero-order valence-corrected chi connectivity index (χ0v) is 10.6. The molecule has 0 amide bonds. The highest BCUT2D eigenvalue weighted by Gasteiger charge is 2.41. The number of ether oxygens (including phenoxy) is 1. The summed E-state index contributed by atoms with van der Waals surface area (Å²) < 4.78 is 56.6. The number of rotatable bonds is 4. The van der Waals surface area contributed by atoms with Gasteiger partial charge in [-0.25, -0.2) is 8.78 Å². The molecule has 0 radical (unpaired) electrons. The van der Waals surface area contributed by atoms with E-state index in [1.807, 2.05) is 0 Å². The van der Waals surface area contributed by atoms with Crippen LogP contribution in [0.1, 0.15) is 0 Å². The van der Waals surface area contributed by atoms with Gasteiger partial charge < -0.3 is 14.3 Å². The highest BCUT2D eigenvalue weighted by atomic mass is 32.1. The molecule has 0 saturated carbocycles. The van der Waals surface area contributed by atoms with Crippen LogP contribution < -0.4 is 4.74 Å². The van der Waals surface area contributed by atoms with E-state index in [4.69, 9.17) is 17.0 Å². The maximum absolute atomic E-state index is 13.1. The third kappa shape index (κ3) is 2.58. The van der Waals surface area contributed by atoms with Gasteiger partial charge in [0, 0.05) is 6.07 Å². The Morgan fingerprint density at radius 1 is 1.42 bits per heavy atom. The second kappa shape index (κ2) is 4.84. The molecule has 2 rings (SSSR count). The second-order valence-electron chi connectivity index (χ2n) is 3.96. The van der Waals surface area contributed by atoms with E-state index in [9.17, 15) is 17.6 Å². The van der Waals surface area contributed by atoms with E-state index in [0.717, 1.165) is 4.57 Å². The zero-order chi connectivity index (χ0) is 14.2. The summed E-state index contributed by atoms with van der Waals surface area (Å²) in [6.45, 7) is -1.17. The van der Waals surface area contributed by atoms with Crippen LogP contribution >= 0.6 is 12.2 Å². The van der Waals surface area contributed by atoms with Crippen LogP contribution in [0.5, 0.6) is 5.75 Å². The van der Waals surface area contributed by atoms with Crippen LogP contribution in [-0.2, 0) is 6.54 Å². The minimum Gasteiger partial charge on any atom is -0.497 e. The van der Waals surface area contributed by atoms with Crippen molar-refractivity contribution in [1.82, 2.24) is 9.55 Å². The topological polar surface area (TPSA) is 29.9 Å². The Kier molecular flexibility index (Phi) is 3.53. The lowest BCUT2D eigenvalue weighted by molar-refractivity contribution is -0.137. The summed E-state index contributed by atoms with van der Waals surface area (Å²) >= 11 is 4.88. The van der Waals surface area contributed by atoms with Gasteiger partial charge in [-0.15, -0.1) is 0 Å². The molecule has 1 aromatic carbocycles. The molecule has 0 aliphatic rings. The predicted octanol–water partition coefficient (Wildman–Crippen LogP) is 3.61. The number of nitrogens with one attached hydrogen (secondary N) is 1. The van der Waals surface area contributed by atoms with Gasteiger partial charge in [0.05, 0.1) is 24.7 Å². The van der Waals surface area contributed by atoms with Gasteiger partial charge in [0.25, 0.3) is 0 Å². The first kappa shape index (κ1) is 13.9. The molecule has 104 valence electrons. The summed E-state index contributed by atoms with van der Waals surface area (Å²) in [5.74, 6) is -3.62. The molecule has 0 aliphatic heterocycles. The van der Waals surface area contributed by atoms with Gasteiger partial charge in [-0.2, -0.15) is 8.78 Å². The van der Waals surface area contributed by atoms with E-state index < -0.39 is 18.9 Å². The maximum Gasteiger partial charge on any atom is 0.324 e. The quantitative estimate of drug-likeness (QED) is 0.689. The van der Waals surface area contributed by atoms with Crippen molar-refractivity contribution in [3.8, 4) is 5.75 Å². The molecular formula is C11H10F4N2OS. The Morgan fingerprint density at radius 3 is 2.68 bits per heavy atom. The first-order valence-electron chi connectivity index (χ1n) is 5.27. The number of H-pyrrole nitrogens is 1. The second-order valence-corrected chi connectivity index (χ2v) is 4.35. The minimum absolute atomic E-state index is 0.0384. The summed E-state index contributed by atoms with van der Waals surface area (Å²) in [4.78, 5) is 2.68. The van der Waals surface area contributed by atoms with Gasteiger partial charge in [0.2, 0.25) is 0 Å². The van der Waals surface area contributed by atoms with Crippen LogP contribution in [0.4, 0.5) is 17.6 Å². The van der Waals surface area contributed by atoms with Crippen LogP contribution in [0.15, 0.2) is 18.2 Å². The van der Waals surface area contributed by atoms with Gasteiger partial charge in [-0.1, -0.05) is 0 Å². The normalized spacial score (nSPS) is 12.3. The lowest BCUT2D eigenvalue weighted by atomic mass is 10.3. The average molecular weight is 294 g/mol. The van der Waals surface area contributed by atoms with E-state index in [-0.39, 0.29) is 4.77 Å². The number of alkyl halides is 4. The molecule has 19 heavy (non-hydrogen) atoms. The van der Waals surface area contributed by atoms with Gasteiger partial charge in [0.1, 0.15) is 5.75 Å². The van der Waals surface area contributed by atoms with E-state index in [1.165, 1.54) is 13.2 Å². The monoisotopic (exact) mass is 294 g/mol. The smallest absolute Gasteiger partial charge is 0.324 e. The Hall–Kier alpha value is -1.57. The summed E-state index contributed by atoms with van der Waals surface area (Å²) in [6, 6.07) is 4.59. The fourth-order valence-electron chi connectivity index (χ4n) is 1.71. The summed E-state index contributed by atoms with van der Waals surface area (Å²) in [5.41, 5.74) is 0.778. The van der Waals surface area contributed by atoms with Crippen LogP contribution in [0.2, 0.25) is 0 Å². The zero-order valence-electron chi connectivity index (χ0n) is 9.79. The lowest BCUT2D eigenvalue weighted by Gasteiger charge is -2.16. The van der Waals surface area contributed by atoms with Crippen molar-refractivity contribution in [2.24, 2.45) is 0 Å². The summed E-state index contributed by atoms with van der Waals surface area (Å²) in [6.07, 6.45) is -3.74. The molecule has 0 saturated heterocycles. The molecule has 0 aliphatic carbocycles. The molecule has 8 heteroatoms. The number of hydrogen-bond donors (Lipinski definition) is 1. The van der Waals surface area contributed by atoms with E-state index in [2.05, 4.69) is 4.98 Å². The Bertz CT molecular complexity index is 650. The summed E-state index contributed by atoms with van der Waals surface area (Å²) in [7, 11) is 1.46. The summed E-state index contributed by atoms with van der Waals surface area (Å²) in [5, 5.41) is 0. The molecule has 2 aromatic rings. The number of aromatic amines is 1. The minimum atomic E-state index is -4.13. The number of nitrogens with zero attached hydrogens (tertiary/aromatic N) is 1. The Balaban J connectivity index is 2.50. The van der Waals surface area contributed by atoms with Gasteiger partial charge in [-0.05, 0) is 24.4 Å². The number of imidazole rings is 1. The van der Waals surface area contributed by atoms with E-state index in [1.54, 1.807) is 12.1 Å². The number of hydrogen-bond acceptors (Lipinski definition) is 2. The fourth-order valence-corrected chi connectivity index (χ4v) is 1.98. The number of methoxy groups -OCH3 is 1. The molecule has 0 atom stereocenters. The van der Waals surface area contributed by atoms with Crippen molar-refractivity contribution in [3.63, 3.8) is 0 Å². The molecule has 0 spiro atoms. The van der Waals surface area contributed by atoms with Crippen molar-refractivity contribution in [2.75, 3.05) is 7.11 Å². The first-order valence-corrected chi connectivity index (χ1v) is 5.68. The molecule has 1 N–H and O–H groups in total. The molecule has 0 bridgehead atoms. The number of halogens is 4. The number of aromatic nitrogens is 2. The highest BCUT2D eigenvalue weighted by molar-refractivity contribution is 7.71. The van der Waals surface area contributed by atoms with Crippen molar-refractivity contribution in [3.05, 3.63) is 23.0 Å². The van der Waals surface area contributed by atoms with Gasteiger partial charge >= 0.3 is 12.3 Å². The number of benzene rings is 1. The van der Waals surface area contributed by atoms with Crippen molar-refractivity contribution >= 4 is 23.3 Å². The number of fused-ring (bicyclic) bond motifs is 1. The van der Waals surface area contributed by atoms with Crippen LogP contribution in [-0.4, -0.2) is 29.0 Å². The van der Waals surface area contributed by atoms with Gasteiger partial charge in [-0.3, -0.25) is 0 Å². The van der Waals surface area contributed by atoms with Crippen LogP contribution in [0.25, 0.3) is 11.0 Å². The molecule has 1 aromatic heterocycles. The van der Waals surface area contributed by atoms with Gasteiger partial charge in [0.15, 0.2) is 4.77 Å². The molecule has 1 heterocycles. The van der Waals surface area contributed by atoms with Crippen molar-refractivity contribution < 1.29 is 22.3 Å². The molecule has 0 fully saturated rings. The first-order chi connectivity index (χ1) is 8.85. The largest absolute Gasteiger partial charge is 0.497 e. The Labute approximate surface area is 110 Å². The van der Waals surface area contributed by atoms with Crippen LogP contribution in [0.3, 0.4) is 0 Å². The predicted molar refractivity (Wildman–Crippen MR) is 64.6 cm³/mol. The Morgan fingerprint density at radius 2 is 2.11 bits per heavy atom. The standard InChI is InChI=1S/C11H10F4N2OS/c1-18-6-2-3-8-7(4-6)16-10(19)17(8)5-11(14,15)9(12)13/h2-4,9H,5H2,1H3,(H,16,19). The third-order valence-corrected chi connectivity index (χ3v) is 2.99. The lowest BCUT2D eigenvalue weighted by Crippen LogP contribution is -2.32. The van der Waals surface area contributed by atoms with E-state index >= 15 is 0 Å². The maximum atomic E-state index is 13.1.